The lowest BCUT2D eigenvalue weighted by Gasteiger charge is -2.07. The number of hydrogen-bond acceptors (Lipinski definition) is 5. The number of nitrogen functional groups attached to an aromatic ring is 1. The van der Waals surface area contributed by atoms with Crippen molar-refractivity contribution in [3.8, 4) is 0 Å². The molecule has 0 aromatic carbocycles. The molecule has 0 aliphatic heterocycles. The molecule has 16 heavy (non-hydrogen) atoms. The summed E-state index contributed by atoms with van der Waals surface area (Å²) in [6, 6.07) is 0. The molecule has 1 aliphatic carbocycles. The van der Waals surface area contributed by atoms with E-state index in [1.54, 1.807) is 0 Å². The molecule has 0 spiro atoms. The molecule has 0 atom stereocenters. The van der Waals surface area contributed by atoms with Crippen LogP contribution >= 0.6 is 15.9 Å². The summed E-state index contributed by atoms with van der Waals surface area (Å²) in [5, 5.41) is 0. The van der Waals surface area contributed by atoms with Crippen molar-refractivity contribution < 1.29 is 8.42 Å². The van der Waals surface area contributed by atoms with E-state index in [-0.39, 0.29) is 11.6 Å². The van der Waals surface area contributed by atoms with Gasteiger partial charge >= 0.3 is 0 Å². The lowest BCUT2D eigenvalue weighted by atomic mass is 10.3. The highest BCUT2D eigenvalue weighted by atomic mass is 79.9. The first-order valence-corrected chi connectivity index (χ1v) is 7.71. The SMILES string of the molecule is CS(=O)(=O)Cc1nc(N)c(Br)c(C2CC2)n1. The zero-order chi connectivity index (χ0) is 11.9. The molecule has 1 aliphatic rings. The van der Waals surface area contributed by atoms with Gasteiger partial charge in [-0.25, -0.2) is 18.4 Å². The van der Waals surface area contributed by atoms with Crippen LogP contribution in [0.3, 0.4) is 0 Å². The molecule has 1 saturated carbocycles. The topological polar surface area (TPSA) is 85.9 Å². The van der Waals surface area contributed by atoms with Crippen molar-refractivity contribution in [2.45, 2.75) is 24.5 Å². The smallest absolute Gasteiger partial charge is 0.154 e. The van der Waals surface area contributed by atoms with Crippen molar-refractivity contribution in [2.75, 3.05) is 12.0 Å². The Kier molecular flexibility index (Phi) is 2.91. The Morgan fingerprint density at radius 2 is 2.06 bits per heavy atom. The van der Waals surface area contributed by atoms with Crippen LogP contribution in [-0.2, 0) is 15.6 Å². The average Bonchev–Trinajstić information content (AvgIpc) is 2.91. The molecule has 88 valence electrons. The summed E-state index contributed by atoms with van der Waals surface area (Å²) in [7, 11) is -3.12. The number of rotatable bonds is 3. The Morgan fingerprint density at radius 3 is 2.56 bits per heavy atom. The van der Waals surface area contributed by atoms with Gasteiger partial charge in [0.2, 0.25) is 0 Å². The van der Waals surface area contributed by atoms with Crippen LogP contribution in [-0.4, -0.2) is 24.6 Å². The van der Waals surface area contributed by atoms with Gasteiger partial charge < -0.3 is 5.73 Å². The first kappa shape index (κ1) is 11.8. The molecule has 7 heteroatoms. The van der Waals surface area contributed by atoms with Gasteiger partial charge in [-0.05, 0) is 28.8 Å². The van der Waals surface area contributed by atoms with Gasteiger partial charge in [0.05, 0.1) is 10.2 Å². The number of halogens is 1. The Morgan fingerprint density at radius 1 is 1.44 bits per heavy atom. The molecule has 0 unspecified atom stereocenters. The van der Waals surface area contributed by atoms with Crippen LogP contribution in [0.25, 0.3) is 0 Å². The van der Waals surface area contributed by atoms with Crippen molar-refractivity contribution in [1.29, 1.82) is 0 Å². The summed E-state index contributed by atoms with van der Waals surface area (Å²) in [5.41, 5.74) is 6.55. The first-order valence-electron chi connectivity index (χ1n) is 4.86. The highest BCUT2D eigenvalue weighted by molar-refractivity contribution is 9.10. The summed E-state index contributed by atoms with van der Waals surface area (Å²) < 4.78 is 23.0. The molecule has 2 rings (SSSR count). The van der Waals surface area contributed by atoms with Crippen LogP contribution < -0.4 is 5.73 Å². The molecule has 2 N–H and O–H groups in total. The lowest BCUT2D eigenvalue weighted by molar-refractivity contribution is 0.599. The van der Waals surface area contributed by atoms with Crippen molar-refractivity contribution in [3.05, 3.63) is 16.0 Å². The molecular weight excluding hydrogens is 294 g/mol. The van der Waals surface area contributed by atoms with Gasteiger partial charge in [-0.15, -0.1) is 0 Å². The molecule has 0 saturated heterocycles. The van der Waals surface area contributed by atoms with Crippen LogP contribution in [0.5, 0.6) is 0 Å². The van der Waals surface area contributed by atoms with E-state index in [9.17, 15) is 8.42 Å². The van der Waals surface area contributed by atoms with Gasteiger partial charge in [0.25, 0.3) is 0 Å². The van der Waals surface area contributed by atoms with Gasteiger partial charge in [-0.3, -0.25) is 0 Å². The van der Waals surface area contributed by atoms with Gasteiger partial charge in [0.1, 0.15) is 17.4 Å². The third-order valence-corrected chi connectivity index (χ3v) is 3.90. The zero-order valence-corrected chi connectivity index (χ0v) is 11.2. The third kappa shape index (κ3) is 2.70. The van der Waals surface area contributed by atoms with E-state index < -0.39 is 9.84 Å². The van der Waals surface area contributed by atoms with E-state index in [1.807, 2.05) is 0 Å². The molecule has 0 amide bonds. The van der Waals surface area contributed by atoms with Crippen LogP contribution in [0, 0.1) is 0 Å². The highest BCUT2D eigenvalue weighted by Gasteiger charge is 2.29. The average molecular weight is 306 g/mol. The minimum atomic E-state index is -3.12. The van der Waals surface area contributed by atoms with Crippen LogP contribution in [0.4, 0.5) is 5.82 Å². The van der Waals surface area contributed by atoms with E-state index in [2.05, 4.69) is 25.9 Å². The van der Waals surface area contributed by atoms with E-state index in [1.165, 1.54) is 0 Å². The quantitative estimate of drug-likeness (QED) is 0.908. The molecule has 0 radical (unpaired) electrons. The summed E-state index contributed by atoms with van der Waals surface area (Å²) in [5.74, 6) is 0.836. The maximum atomic E-state index is 11.2. The van der Waals surface area contributed by atoms with Crippen molar-refractivity contribution >= 4 is 31.6 Å². The standard InChI is InChI=1S/C9H12BrN3O2S/c1-16(14,15)4-6-12-8(5-2-3-5)7(10)9(11)13-6/h5H,2-4H2,1H3,(H2,11,12,13). The van der Waals surface area contributed by atoms with E-state index in [4.69, 9.17) is 5.73 Å². The van der Waals surface area contributed by atoms with Gasteiger partial charge in [0, 0.05) is 12.2 Å². The summed E-state index contributed by atoms with van der Waals surface area (Å²) in [6.07, 6.45) is 3.31. The molecule has 0 bridgehead atoms. The monoisotopic (exact) mass is 305 g/mol. The Hall–Kier alpha value is -0.690. The van der Waals surface area contributed by atoms with Gasteiger partial charge in [-0.2, -0.15) is 0 Å². The zero-order valence-electron chi connectivity index (χ0n) is 8.77. The van der Waals surface area contributed by atoms with E-state index in [0.717, 1.165) is 24.8 Å². The summed E-state index contributed by atoms with van der Waals surface area (Å²) in [6.45, 7) is 0. The second kappa shape index (κ2) is 3.96. The van der Waals surface area contributed by atoms with Gasteiger partial charge in [0.15, 0.2) is 9.84 Å². The minimum absolute atomic E-state index is 0.163. The van der Waals surface area contributed by atoms with Crippen LogP contribution in [0.15, 0.2) is 4.47 Å². The van der Waals surface area contributed by atoms with Crippen molar-refractivity contribution in [3.63, 3.8) is 0 Å². The number of hydrogen-bond donors (Lipinski definition) is 1. The fraction of sp³-hybridized carbons (Fsp3) is 0.556. The predicted octanol–water partition coefficient (Wildman–Crippen LogP) is 1.24. The number of aromatic nitrogens is 2. The number of anilines is 1. The van der Waals surface area contributed by atoms with Crippen LogP contribution in [0.1, 0.15) is 30.3 Å². The largest absolute Gasteiger partial charge is 0.383 e. The molecule has 1 aromatic rings. The second-order valence-corrected chi connectivity index (χ2v) is 7.00. The number of nitrogens with zero attached hydrogens (tertiary/aromatic N) is 2. The highest BCUT2D eigenvalue weighted by Crippen LogP contribution is 2.43. The summed E-state index contributed by atoms with van der Waals surface area (Å²) >= 11 is 3.34. The molecule has 5 nitrogen and oxygen atoms in total. The lowest BCUT2D eigenvalue weighted by Crippen LogP contribution is -2.09. The van der Waals surface area contributed by atoms with E-state index >= 15 is 0 Å². The van der Waals surface area contributed by atoms with Crippen molar-refractivity contribution in [1.82, 2.24) is 9.97 Å². The number of nitrogens with two attached hydrogens (primary N) is 1. The fourth-order valence-corrected chi connectivity index (χ4v) is 2.56. The molecular formula is C9H12BrN3O2S. The summed E-state index contributed by atoms with van der Waals surface area (Å²) in [4.78, 5) is 8.23. The predicted molar refractivity (Wildman–Crippen MR) is 64.7 cm³/mol. The Bertz CT molecular complexity index is 526. The molecule has 1 fully saturated rings. The maximum absolute atomic E-state index is 11.2. The van der Waals surface area contributed by atoms with Crippen LogP contribution in [0.2, 0.25) is 0 Å². The Balaban J connectivity index is 2.40. The van der Waals surface area contributed by atoms with Crippen molar-refractivity contribution in [2.24, 2.45) is 0 Å². The van der Waals surface area contributed by atoms with Gasteiger partial charge in [-0.1, -0.05) is 0 Å². The molecule has 1 aromatic heterocycles. The number of sulfone groups is 1. The van der Waals surface area contributed by atoms with E-state index in [0.29, 0.717) is 16.2 Å². The normalized spacial score (nSPS) is 16.4. The first-order chi connectivity index (χ1) is 7.37. The third-order valence-electron chi connectivity index (χ3n) is 2.30. The fourth-order valence-electron chi connectivity index (χ4n) is 1.46. The minimum Gasteiger partial charge on any atom is -0.383 e. The molecule has 1 heterocycles. The Labute approximate surface area is 103 Å². The maximum Gasteiger partial charge on any atom is 0.154 e. The second-order valence-electron chi connectivity index (χ2n) is 4.07.